The highest BCUT2D eigenvalue weighted by atomic mass is 35.5. The first kappa shape index (κ1) is 21.9. The van der Waals surface area contributed by atoms with Crippen molar-refractivity contribution in [1.29, 1.82) is 0 Å². The zero-order valence-corrected chi connectivity index (χ0v) is 15.3. The molecule has 0 aliphatic carbocycles. The maximum absolute atomic E-state index is 12.3. The van der Waals surface area contributed by atoms with E-state index in [1.165, 1.54) is 12.1 Å². The van der Waals surface area contributed by atoms with E-state index < -0.39 is 10.0 Å². The molecule has 0 saturated heterocycles. The Hall–Kier alpha value is -1.15. The highest BCUT2D eigenvalue weighted by Gasteiger charge is 2.20. The van der Waals surface area contributed by atoms with Gasteiger partial charge in [0.25, 0.3) is 0 Å². The highest BCUT2D eigenvalue weighted by Crippen LogP contribution is 2.15. The summed E-state index contributed by atoms with van der Waals surface area (Å²) in [5.74, 6) is 0.233. The van der Waals surface area contributed by atoms with Gasteiger partial charge in [0.2, 0.25) is 15.9 Å². The molecule has 132 valence electrons. The van der Waals surface area contributed by atoms with Crippen LogP contribution in [0.4, 0.5) is 5.69 Å². The van der Waals surface area contributed by atoms with E-state index in [9.17, 15) is 13.2 Å². The van der Waals surface area contributed by atoms with Crippen LogP contribution in [0.15, 0.2) is 29.2 Å². The minimum Gasteiger partial charge on any atom is -0.329 e. The number of halogens is 1. The lowest BCUT2D eigenvalue weighted by molar-refractivity contribution is -0.115. The van der Waals surface area contributed by atoms with E-state index in [0.717, 1.165) is 0 Å². The molecule has 0 aliphatic heterocycles. The average molecular weight is 364 g/mol. The first-order valence-electron chi connectivity index (χ1n) is 7.40. The van der Waals surface area contributed by atoms with E-state index in [4.69, 9.17) is 5.73 Å². The van der Waals surface area contributed by atoms with Gasteiger partial charge in [-0.3, -0.25) is 4.79 Å². The summed E-state index contributed by atoms with van der Waals surface area (Å²) in [4.78, 5) is 11.5. The zero-order valence-electron chi connectivity index (χ0n) is 13.7. The van der Waals surface area contributed by atoms with E-state index in [1.54, 1.807) is 19.1 Å². The summed E-state index contributed by atoms with van der Waals surface area (Å²) >= 11 is 0. The van der Waals surface area contributed by atoms with Crippen LogP contribution in [-0.2, 0) is 14.8 Å². The predicted molar refractivity (Wildman–Crippen MR) is 95.2 cm³/mol. The molecule has 23 heavy (non-hydrogen) atoms. The van der Waals surface area contributed by atoms with Crippen LogP contribution in [-0.4, -0.2) is 26.9 Å². The maximum atomic E-state index is 12.3. The van der Waals surface area contributed by atoms with Crippen LogP contribution in [0.1, 0.15) is 33.6 Å². The maximum Gasteiger partial charge on any atom is 0.240 e. The summed E-state index contributed by atoms with van der Waals surface area (Å²) in [6.45, 7) is 6.03. The van der Waals surface area contributed by atoms with Crippen LogP contribution < -0.4 is 15.8 Å². The van der Waals surface area contributed by atoms with Crippen molar-refractivity contribution in [1.82, 2.24) is 4.72 Å². The second-order valence-corrected chi connectivity index (χ2v) is 7.32. The predicted octanol–water partition coefficient (Wildman–Crippen LogP) is 2.11. The summed E-state index contributed by atoms with van der Waals surface area (Å²) in [5, 5.41) is 2.67. The number of hydrogen-bond donors (Lipinski definition) is 3. The number of benzene rings is 1. The van der Waals surface area contributed by atoms with Crippen molar-refractivity contribution < 1.29 is 13.2 Å². The second-order valence-electron chi connectivity index (χ2n) is 5.61. The summed E-state index contributed by atoms with van der Waals surface area (Å²) in [5.41, 5.74) is 6.20. The number of hydrogen-bond acceptors (Lipinski definition) is 4. The third-order valence-corrected chi connectivity index (χ3v) is 4.67. The van der Waals surface area contributed by atoms with Crippen LogP contribution in [0.25, 0.3) is 0 Å². The number of sulfonamides is 1. The van der Waals surface area contributed by atoms with Gasteiger partial charge < -0.3 is 11.1 Å². The molecule has 1 aromatic rings. The van der Waals surface area contributed by atoms with Crippen LogP contribution in [0.3, 0.4) is 0 Å². The Morgan fingerprint density at radius 2 is 1.78 bits per heavy atom. The molecular formula is C15H26ClN3O3S. The van der Waals surface area contributed by atoms with Crippen LogP contribution >= 0.6 is 12.4 Å². The van der Waals surface area contributed by atoms with Crippen molar-refractivity contribution in [2.45, 2.75) is 44.6 Å². The molecule has 0 aliphatic rings. The summed E-state index contributed by atoms with van der Waals surface area (Å²) in [6.07, 6.45) is 1.05. The highest BCUT2D eigenvalue weighted by molar-refractivity contribution is 7.89. The summed E-state index contributed by atoms with van der Waals surface area (Å²) in [6, 6.07) is 5.79. The molecule has 0 saturated carbocycles. The van der Waals surface area contributed by atoms with Gasteiger partial charge in [-0.25, -0.2) is 13.1 Å². The first-order chi connectivity index (χ1) is 10.3. The van der Waals surface area contributed by atoms with Gasteiger partial charge in [-0.15, -0.1) is 12.4 Å². The molecule has 1 unspecified atom stereocenters. The molecule has 1 amide bonds. The number of rotatable bonds is 8. The molecule has 0 fully saturated rings. The number of anilines is 1. The number of carbonyl (C=O) groups is 1. The topological polar surface area (TPSA) is 101 Å². The number of nitrogens with one attached hydrogen (secondary N) is 2. The Morgan fingerprint density at radius 3 is 2.22 bits per heavy atom. The molecule has 1 atom stereocenters. The summed E-state index contributed by atoms with van der Waals surface area (Å²) in [7, 11) is -3.61. The fourth-order valence-electron chi connectivity index (χ4n) is 2.02. The standard InChI is InChI=1S/C15H25N3O3S.ClH/c1-4-15(19)17-12-5-7-14(8-6-12)22(20,21)18-13(10-16)9-11(2)3;/h5-8,11,13,18H,4,9-10,16H2,1-3H3,(H,17,19);1H. The van der Waals surface area contributed by atoms with Crippen molar-refractivity contribution in [3.8, 4) is 0 Å². The largest absolute Gasteiger partial charge is 0.329 e. The molecule has 0 bridgehead atoms. The van der Waals surface area contributed by atoms with Crippen LogP contribution in [0, 0.1) is 5.92 Å². The smallest absolute Gasteiger partial charge is 0.240 e. The third kappa shape index (κ3) is 7.30. The summed E-state index contributed by atoms with van der Waals surface area (Å²) < 4.78 is 27.3. The fourth-order valence-corrected chi connectivity index (χ4v) is 3.28. The molecule has 0 aromatic heterocycles. The first-order valence-corrected chi connectivity index (χ1v) is 8.89. The molecular weight excluding hydrogens is 338 g/mol. The van der Waals surface area contributed by atoms with E-state index in [2.05, 4.69) is 10.0 Å². The van der Waals surface area contributed by atoms with Gasteiger partial charge in [0.1, 0.15) is 0 Å². The number of nitrogens with two attached hydrogens (primary N) is 1. The van der Waals surface area contributed by atoms with Crippen molar-refractivity contribution in [3.05, 3.63) is 24.3 Å². The van der Waals surface area contributed by atoms with Gasteiger partial charge in [0.15, 0.2) is 0 Å². The molecule has 0 radical (unpaired) electrons. The molecule has 4 N–H and O–H groups in total. The normalized spacial score (nSPS) is 12.6. The Balaban J connectivity index is 0.00000484. The second kappa shape index (κ2) is 9.87. The Labute approximate surface area is 144 Å². The average Bonchev–Trinajstić information content (AvgIpc) is 2.46. The van der Waals surface area contributed by atoms with E-state index in [0.29, 0.717) is 24.4 Å². The molecule has 1 aromatic carbocycles. The van der Waals surface area contributed by atoms with E-state index in [1.807, 2.05) is 13.8 Å². The van der Waals surface area contributed by atoms with Crippen molar-refractivity contribution in [3.63, 3.8) is 0 Å². The quantitative estimate of drug-likeness (QED) is 0.658. The van der Waals surface area contributed by atoms with Gasteiger partial charge in [0, 0.05) is 24.7 Å². The van der Waals surface area contributed by atoms with Gasteiger partial charge in [-0.05, 0) is 36.6 Å². The lowest BCUT2D eigenvalue weighted by Crippen LogP contribution is -2.40. The lowest BCUT2D eigenvalue weighted by atomic mass is 10.1. The molecule has 0 heterocycles. The van der Waals surface area contributed by atoms with Gasteiger partial charge in [-0.1, -0.05) is 20.8 Å². The molecule has 8 heteroatoms. The SMILES string of the molecule is CCC(=O)Nc1ccc(S(=O)(=O)NC(CN)CC(C)C)cc1.Cl. The molecule has 1 rings (SSSR count). The van der Waals surface area contributed by atoms with Crippen molar-refractivity contribution >= 4 is 34.0 Å². The van der Waals surface area contributed by atoms with Crippen molar-refractivity contribution in [2.75, 3.05) is 11.9 Å². The number of carbonyl (C=O) groups excluding carboxylic acids is 1. The van der Waals surface area contributed by atoms with Gasteiger partial charge in [0.05, 0.1) is 4.90 Å². The number of amides is 1. The van der Waals surface area contributed by atoms with E-state index >= 15 is 0 Å². The Kier molecular flexibility index (Phi) is 9.38. The third-order valence-electron chi connectivity index (χ3n) is 3.13. The monoisotopic (exact) mass is 363 g/mol. The Morgan fingerprint density at radius 1 is 1.22 bits per heavy atom. The lowest BCUT2D eigenvalue weighted by Gasteiger charge is -2.19. The van der Waals surface area contributed by atoms with E-state index in [-0.39, 0.29) is 35.8 Å². The zero-order chi connectivity index (χ0) is 16.8. The molecule has 0 spiro atoms. The van der Waals surface area contributed by atoms with Crippen LogP contribution in [0.2, 0.25) is 0 Å². The fraction of sp³-hybridized carbons (Fsp3) is 0.533. The van der Waals surface area contributed by atoms with Crippen molar-refractivity contribution in [2.24, 2.45) is 11.7 Å². The molecule has 6 nitrogen and oxygen atoms in total. The Bertz CT molecular complexity index is 588. The van der Waals surface area contributed by atoms with Gasteiger partial charge in [-0.2, -0.15) is 0 Å². The minimum atomic E-state index is -3.61. The van der Waals surface area contributed by atoms with Crippen LogP contribution in [0.5, 0.6) is 0 Å². The minimum absolute atomic E-state index is 0. The van der Waals surface area contributed by atoms with Gasteiger partial charge >= 0.3 is 0 Å².